The summed E-state index contributed by atoms with van der Waals surface area (Å²) >= 11 is 12.3. The van der Waals surface area contributed by atoms with Gasteiger partial charge in [-0.15, -0.1) is 0 Å². The van der Waals surface area contributed by atoms with Crippen LogP contribution in [0.2, 0.25) is 10.0 Å². The lowest BCUT2D eigenvalue weighted by atomic mass is 9.97. The van der Waals surface area contributed by atoms with Crippen LogP contribution < -0.4 is 5.56 Å². The van der Waals surface area contributed by atoms with E-state index in [-0.39, 0.29) is 33.8 Å². The molecule has 3 rings (SSSR count). The van der Waals surface area contributed by atoms with E-state index in [1.165, 1.54) is 13.0 Å². The molecule has 0 atom stereocenters. The molecular weight excluding hydrogens is 399 g/mol. The zero-order chi connectivity index (χ0) is 20.4. The molecule has 1 aromatic heterocycles. The molecule has 2 aromatic carbocycles. The van der Waals surface area contributed by atoms with Gasteiger partial charge in [0.2, 0.25) is 5.88 Å². The van der Waals surface area contributed by atoms with Crippen LogP contribution in [0.4, 0.5) is 0 Å². The Labute approximate surface area is 171 Å². The molecule has 0 aliphatic rings. The number of rotatable bonds is 4. The molecule has 0 fully saturated rings. The monoisotopic (exact) mass is 412 g/mol. The summed E-state index contributed by atoms with van der Waals surface area (Å²) in [4.78, 5) is 25.8. The van der Waals surface area contributed by atoms with Crippen molar-refractivity contribution in [3.8, 4) is 11.9 Å². The highest BCUT2D eigenvalue weighted by molar-refractivity contribution is 6.35. The predicted molar refractivity (Wildman–Crippen MR) is 107 cm³/mol. The first kappa shape index (κ1) is 19.7. The molecule has 0 radical (unpaired) electrons. The molecule has 5 nitrogen and oxygen atoms in total. The van der Waals surface area contributed by atoms with Crippen LogP contribution in [0.25, 0.3) is 0 Å². The largest absolute Gasteiger partial charge is 0.494 e. The van der Waals surface area contributed by atoms with Crippen LogP contribution in [-0.2, 0) is 6.54 Å². The number of nitrogens with zero attached hydrogens (tertiary/aromatic N) is 2. The summed E-state index contributed by atoms with van der Waals surface area (Å²) in [6.45, 7) is 1.35. The molecular formula is C21H14Cl2N2O3. The Morgan fingerprint density at radius 2 is 1.71 bits per heavy atom. The van der Waals surface area contributed by atoms with Crippen LogP contribution in [0.15, 0.2) is 53.3 Å². The molecule has 1 heterocycles. The number of benzene rings is 2. The van der Waals surface area contributed by atoms with Crippen molar-refractivity contribution in [1.82, 2.24) is 4.57 Å². The van der Waals surface area contributed by atoms with Gasteiger partial charge < -0.3 is 5.11 Å². The van der Waals surface area contributed by atoms with Crippen LogP contribution in [-0.4, -0.2) is 15.5 Å². The summed E-state index contributed by atoms with van der Waals surface area (Å²) in [5, 5.41) is 20.8. The Bertz CT molecular complexity index is 1190. The number of aromatic hydroxyl groups is 1. The summed E-state index contributed by atoms with van der Waals surface area (Å²) in [5.41, 5.74) is -0.241. The number of halogens is 2. The maximum Gasteiger partial charge on any atom is 0.271 e. The lowest BCUT2D eigenvalue weighted by Gasteiger charge is -2.16. The number of nitriles is 1. The molecule has 140 valence electrons. The number of pyridine rings is 1. The summed E-state index contributed by atoms with van der Waals surface area (Å²) in [6, 6.07) is 15.0. The normalized spacial score (nSPS) is 10.5. The van der Waals surface area contributed by atoms with Crippen molar-refractivity contribution in [2.24, 2.45) is 0 Å². The third-order valence-electron chi connectivity index (χ3n) is 4.43. The van der Waals surface area contributed by atoms with Gasteiger partial charge in [-0.2, -0.15) is 5.26 Å². The maximum atomic E-state index is 13.1. The number of carbonyl (C=O) groups is 1. The Morgan fingerprint density at radius 1 is 1.11 bits per heavy atom. The van der Waals surface area contributed by atoms with Gasteiger partial charge >= 0.3 is 0 Å². The lowest BCUT2D eigenvalue weighted by molar-refractivity contribution is 0.103. The quantitative estimate of drug-likeness (QED) is 0.646. The number of hydrogen-bond acceptors (Lipinski definition) is 4. The minimum Gasteiger partial charge on any atom is -0.494 e. The molecule has 28 heavy (non-hydrogen) atoms. The molecule has 0 saturated carbocycles. The van der Waals surface area contributed by atoms with Gasteiger partial charge in [0.05, 0.1) is 17.1 Å². The Balaban J connectivity index is 2.26. The van der Waals surface area contributed by atoms with Gasteiger partial charge in [0, 0.05) is 10.6 Å². The SMILES string of the molecule is Cc1c(C(=O)c2ccccc2Cl)c(O)n(Cc2ccccc2Cl)c(=O)c1C#N. The fraction of sp³-hybridized carbons (Fsp3) is 0.0952. The Hall–Kier alpha value is -3.07. The van der Waals surface area contributed by atoms with Gasteiger partial charge in [0.1, 0.15) is 11.6 Å². The van der Waals surface area contributed by atoms with Crippen molar-refractivity contribution in [2.45, 2.75) is 13.5 Å². The number of carbonyl (C=O) groups excluding carboxylic acids is 1. The second-order valence-electron chi connectivity index (χ2n) is 6.10. The second kappa shape index (κ2) is 7.89. The van der Waals surface area contributed by atoms with Gasteiger partial charge in [0.25, 0.3) is 5.56 Å². The standard InChI is InChI=1S/C21H14Cl2N2O3/c1-12-15(10-24)20(27)25(11-13-6-2-4-8-16(13)22)21(28)18(12)19(26)14-7-3-5-9-17(14)23/h2-9,28H,11H2,1H3. The van der Waals surface area contributed by atoms with Crippen molar-refractivity contribution in [3.63, 3.8) is 0 Å². The first-order valence-corrected chi connectivity index (χ1v) is 9.01. The zero-order valence-corrected chi connectivity index (χ0v) is 16.3. The molecule has 3 aromatic rings. The van der Waals surface area contributed by atoms with Crippen LogP contribution in [0, 0.1) is 18.3 Å². The van der Waals surface area contributed by atoms with Gasteiger partial charge in [-0.3, -0.25) is 14.2 Å². The molecule has 7 heteroatoms. The zero-order valence-electron chi connectivity index (χ0n) is 14.7. The smallest absolute Gasteiger partial charge is 0.271 e. The first-order chi connectivity index (χ1) is 13.4. The molecule has 0 unspecified atom stereocenters. The summed E-state index contributed by atoms with van der Waals surface area (Å²) in [5.74, 6) is -1.11. The van der Waals surface area contributed by atoms with Gasteiger partial charge in [-0.25, -0.2) is 0 Å². The number of hydrogen-bond donors (Lipinski definition) is 1. The average molecular weight is 413 g/mol. The van der Waals surface area contributed by atoms with E-state index in [0.29, 0.717) is 10.6 Å². The summed E-state index contributed by atoms with van der Waals surface area (Å²) < 4.78 is 0.969. The Kier molecular flexibility index (Phi) is 5.55. The number of ketones is 1. The molecule has 1 N–H and O–H groups in total. The fourth-order valence-electron chi connectivity index (χ4n) is 2.95. The minimum atomic E-state index is -0.701. The highest BCUT2D eigenvalue weighted by Gasteiger charge is 2.26. The highest BCUT2D eigenvalue weighted by atomic mass is 35.5. The van der Waals surface area contributed by atoms with E-state index in [0.717, 1.165) is 4.57 Å². The van der Waals surface area contributed by atoms with Gasteiger partial charge in [-0.05, 0) is 36.2 Å². The third-order valence-corrected chi connectivity index (χ3v) is 5.13. The first-order valence-electron chi connectivity index (χ1n) is 8.26. The topological polar surface area (TPSA) is 83.1 Å². The van der Waals surface area contributed by atoms with Crippen molar-refractivity contribution in [2.75, 3.05) is 0 Å². The third kappa shape index (κ3) is 3.40. The van der Waals surface area contributed by atoms with Gasteiger partial charge in [-0.1, -0.05) is 53.5 Å². The average Bonchev–Trinajstić information content (AvgIpc) is 2.67. The molecule has 0 spiro atoms. The van der Waals surface area contributed by atoms with E-state index in [4.69, 9.17) is 23.2 Å². The molecule has 0 saturated heterocycles. The summed E-state index contributed by atoms with van der Waals surface area (Å²) in [6.07, 6.45) is 0. The fourth-order valence-corrected chi connectivity index (χ4v) is 3.36. The van der Waals surface area contributed by atoms with Crippen LogP contribution in [0.1, 0.15) is 32.6 Å². The van der Waals surface area contributed by atoms with Crippen molar-refractivity contribution >= 4 is 29.0 Å². The number of aromatic nitrogens is 1. The van der Waals surface area contributed by atoms with E-state index in [1.807, 2.05) is 6.07 Å². The molecule has 0 aliphatic heterocycles. The predicted octanol–water partition coefficient (Wildman–Crippen LogP) is 4.32. The van der Waals surface area contributed by atoms with Crippen molar-refractivity contribution in [1.29, 1.82) is 5.26 Å². The van der Waals surface area contributed by atoms with E-state index < -0.39 is 17.2 Å². The van der Waals surface area contributed by atoms with Crippen molar-refractivity contribution in [3.05, 3.63) is 96.7 Å². The lowest BCUT2D eigenvalue weighted by Crippen LogP contribution is -2.27. The van der Waals surface area contributed by atoms with E-state index in [2.05, 4.69) is 0 Å². The van der Waals surface area contributed by atoms with Crippen LogP contribution >= 0.6 is 23.2 Å². The van der Waals surface area contributed by atoms with Crippen LogP contribution in [0.3, 0.4) is 0 Å². The minimum absolute atomic E-state index is 0.0951. The molecule has 0 aliphatic carbocycles. The van der Waals surface area contributed by atoms with E-state index >= 15 is 0 Å². The summed E-state index contributed by atoms with van der Waals surface area (Å²) in [7, 11) is 0. The Morgan fingerprint density at radius 3 is 2.32 bits per heavy atom. The second-order valence-corrected chi connectivity index (χ2v) is 6.92. The van der Waals surface area contributed by atoms with Gasteiger partial charge in [0.15, 0.2) is 5.78 Å². The van der Waals surface area contributed by atoms with Crippen molar-refractivity contribution < 1.29 is 9.90 Å². The molecule has 0 amide bonds. The van der Waals surface area contributed by atoms with Crippen LogP contribution in [0.5, 0.6) is 5.88 Å². The van der Waals surface area contributed by atoms with E-state index in [1.54, 1.807) is 42.5 Å². The maximum absolute atomic E-state index is 13.1. The van der Waals surface area contributed by atoms with E-state index in [9.17, 15) is 20.0 Å². The molecule has 0 bridgehead atoms. The highest BCUT2D eigenvalue weighted by Crippen LogP contribution is 2.28.